The fraction of sp³-hybridized carbons (Fsp3) is 0.261. The normalized spacial score (nSPS) is 15.8. The largest absolute Gasteiger partial charge is 0.484 e. The van der Waals surface area contributed by atoms with Gasteiger partial charge in [-0.1, -0.05) is 12.1 Å². The monoisotopic (exact) mass is 461 g/mol. The van der Waals surface area contributed by atoms with Crippen molar-refractivity contribution in [2.24, 2.45) is 5.92 Å². The van der Waals surface area contributed by atoms with Crippen molar-refractivity contribution in [3.05, 3.63) is 66.7 Å². The first-order chi connectivity index (χ1) is 15.7. The number of carbonyl (C=O) groups is 3. The molecule has 3 amide bonds. The van der Waals surface area contributed by atoms with Gasteiger partial charge in [-0.15, -0.1) is 6.58 Å². The highest BCUT2D eigenvalue weighted by atomic mass is 19.4. The summed E-state index contributed by atoms with van der Waals surface area (Å²) >= 11 is 0. The SMILES string of the molecule is C=CCNC(=O)[C@H]1CC(=O)N(c2ccc(OCC(=O)Nc3cccc(C(F)(F)F)c3)cc2)C1. The highest BCUT2D eigenvalue weighted by Gasteiger charge is 2.35. The number of carbonyl (C=O) groups excluding carboxylic acids is 3. The molecule has 1 saturated heterocycles. The van der Waals surface area contributed by atoms with Crippen LogP contribution < -0.4 is 20.3 Å². The number of nitrogens with one attached hydrogen (secondary N) is 2. The molecule has 2 aromatic carbocycles. The number of rotatable bonds is 8. The Labute approximate surface area is 188 Å². The van der Waals surface area contributed by atoms with Gasteiger partial charge in [-0.25, -0.2) is 0 Å². The average Bonchev–Trinajstić information content (AvgIpc) is 3.17. The highest BCUT2D eigenvalue weighted by Crippen LogP contribution is 2.31. The van der Waals surface area contributed by atoms with Crippen LogP contribution in [0, 0.1) is 5.92 Å². The van der Waals surface area contributed by atoms with Crippen LogP contribution >= 0.6 is 0 Å². The summed E-state index contributed by atoms with van der Waals surface area (Å²) < 4.78 is 43.7. The van der Waals surface area contributed by atoms with E-state index < -0.39 is 30.2 Å². The number of amides is 3. The molecule has 2 N–H and O–H groups in total. The number of benzene rings is 2. The van der Waals surface area contributed by atoms with Crippen LogP contribution in [-0.2, 0) is 20.6 Å². The number of hydrogen-bond donors (Lipinski definition) is 2. The fourth-order valence-corrected chi connectivity index (χ4v) is 3.29. The Bertz CT molecular complexity index is 1040. The smallest absolute Gasteiger partial charge is 0.416 e. The molecule has 7 nitrogen and oxygen atoms in total. The zero-order valence-electron chi connectivity index (χ0n) is 17.5. The van der Waals surface area contributed by atoms with Crippen LogP contribution in [0.5, 0.6) is 5.75 Å². The van der Waals surface area contributed by atoms with Crippen molar-refractivity contribution in [3.63, 3.8) is 0 Å². The predicted octanol–water partition coefficient (Wildman–Crippen LogP) is 3.38. The van der Waals surface area contributed by atoms with Gasteiger partial charge >= 0.3 is 6.18 Å². The summed E-state index contributed by atoms with van der Waals surface area (Å²) in [7, 11) is 0. The first-order valence-corrected chi connectivity index (χ1v) is 10.1. The lowest BCUT2D eigenvalue weighted by molar-refractivity contribution is -0.137. The lowest BCUT2D eigenvalue weighted by Crippen LogP contribution is -2.32. The summed E-state index contributed by atoms with van der Waals surface area (Å²) in [5, 5.41) is 5.04. The van der Waals surface area contributed by atoms with Gasteiger partial charge in [-0.3, -0.25) is 14.4 Å². The van der Waals surface area contributed by atoms with Crippen LogP contribution in [-0.4, -0.2) is 37.4 Å². The standard InChI is InChI=1S/C23H22F3N3O4/c1-2-10-27-22(32)15-11-21(31)29(13-15)18-6-8-19(9-7-18)33-14-20(30)28-17-5-3-4-16(12-17)23(24,25)26/h2-9,12,15H,1,10-11,13-14H2,(H,27,32)(H,28,30)/t15-/m0/s1. The first-order valence-electron chi connectivity index (χ1n) is 10.1. The summed E-state index contributed by atoms with van der Waals surface area (Å²) in [5.74, 6) is -1.13. The number of nitrogens with zero attached hydrogens (tertiary/aromatic N) is 1. The van der Waals surface area contributed by atoms with E-state index in [1.807, 2.05) is 0 Å². The molecule has 0 radical (unpaired) electrons. The lowest BCUT2D eigenvalue weighted by Gasteiger charge is -2.17. The molecule has 0 aliphatic carbocycles. The van der Waals surface area contributed by atoms with Crippen molar-refractivity contribution in [3.8, 4) is 5.75 Å². The van der Waals surface area contributed by atoms with Gasteiger partial charge in [0.2, 0.25) is 11.8 Å². The van der Waals surface area contributed by atoms with Crippen molar-refractivity contribution >= 4 is 29.1 Å². The number of ether oxygens (including phenoxy) is 1. The van der Waals surface area contributed by atoms with Gasteiger partial charge in [-0.2, -0.15) is 13.2 Å². The van der Waals surface area contributed by atoms with Crippen LogP contribution in [0.3, 0.4) is 0 Å². The zero-order valence-corrected chi connectivity index (χ0v) is 17.5. The summed E-state index contributed by atoms with van der Waals surface area (Å²) in [6.45, 7) is 3.70. The molecule has 10 heteroatoms. The molecule has 0 aromatic heterocycles. The number of halogens is 3. The van der Waals surface area contributed by atoms with Gasteiger partial charge in [0.15, 0.2) is 6.61 Å². The Kier molecular flexibility index (Phi) is 7.37. The third kappa shape index (κ3) is 6.34. The van der Waals surface area contributed by atoms with E-state index in [1.165, 1.54) is 17.0 Å². The molecule has 0 unspecified atom stereocenters. The third-order valence-electron chi connectivity index (χ3n) is 4.91. The average molecular weight is 461 g/mol. The van der Waals surface area contributed by atoms with E-state index >= 15 is 0 Å². The molecular formula is C23H22F3N3O4. The molecule has 0 bridgehead atoms. The first kappa shape index (κ1) is 23.8. The van der Waals surface area contributed by atoms with Gasteiger partial charge < -0.3 is 20.3 Å². The van der Waals surface area contributed by atoms with Crippen molar-refractivity contribution in [2.45, 2.75) is 12.6 Å². The maximum absolute atomic E-state index is 12.8. The number of alkyl halides is 3. The molecule has 0 saturated carbocycles. The van der Waals surface area contributed by atoms with Crippen LogP contribution in [0.4, 0.5) is 24.5 Å². The Balaban J connectivity index is 1.53. The Morgan fingerprint density at radius 2 is 1.91 bits per heavy atom. The van der Waals surface area contributed by atoms with E-state index in [0.29, 0.717) is 18.0 Å². The molecule has 0 spiro atoms. The van der Waals surface area contributed by atoms with E-state index in [-0.39, 0.29) is 30.5 Å². The maximum atomic E-state index is 12.8. The van der Waals surface area contributed by atoms with Crippen LogP contribution in [0.25, 0.3) is 0 Å². The fourth-order valence-electron chi connectivity index (χ4n) is 3.29. The molecule has 3 rings (SSSR count). The van der Waals surface area contributed by atoms with Crippen molar-refractivity contribution in [1.82, 2.24) is 5.32 Å². The summed E-state index contributed by atoms with van der Waals surface area (Å²) in [5.41, 5.74) is -0.276. The molecular weight excluding hydrogens is 439 g/mol. The molecule has 2 aromatic rings. The minimum absolute atomic E-state index is 0.00741. The van der Waals surface area contributed by atoms with Crippen molar-refractivity contribution < 1.29 is 32.3 Å². The summed E-state index contributed by atoms with van der Waals surface area (Å²) in [6, 6.07) is 10.7. The molecule has 1 aliphatic heterocycles. The quantitative estimate of drug-likeness (QED) is 0.590. The minimum Gasteiger partial charge on any atom is -0.484 e. The second kappa shape index (κ2) is 10.2. The van der Waals surface area contributed by atoms with E-state index in [2.05, 4.69) is 17.2 Å². The molecule has 174 valence electrons. The molecule has 33 heavy (non-hydrogen) atoms. The van der Waals surface area contributed by atoms with Gasteiger partial charge in [0.1, 0.15) is 5.75 Å². The molecule has 1 fully saturated rings. The van der Waals surface area contributed by atoms with Gasteiger partial charge in [0.25, 0.3) is 5.91 Å². The minimum atomic E-state index is -4.51. The van der Waals surface area contributed by atoms with Crippen LogP contribution in [0.2, 0.25) is 0 Å². The van der Waals surface area contributed by atoms with Gasteiger partial charge in [0.05, 0.1) is 11.5 Å². The van der Waals surface area contributed by atoms with Crippen LogP contribution in [0.15, 0.2) is 61.2 Å². The van der Waals surface area contributed by atoms with E-state index in [9.17, 15) is 27.6 Å². The summed E-state index contributed by atoms with van der Waals surface area (Å²) in [4.78, 5) is 37.9. The second-order valence-electron chi connectivity index (χ2n) is 7.35. The highest BCUT2D eigenvalue weighted by molar-refractivity contribution is 6.00. The number of hydrogen-bond acceptors (Lipinski definition) is 4. The Hall–Kier alpha value is -3.82. The van der Waals surface area contributed by atoms with Gasteiger partial charge in [0, 0.05) is 30.9 Å². The predicted molar refractivity (Wildman–Crippen MR) is 116 cm³/mol. The van der Waals surface area contributed by atoms with E-state index in [1.54, 1.807) is 30.3 Å². The molecule has 1 heterocycles. The van der Waals surface area contributed by atoms with E-state index in [0.717, 1.165) is 12.1 Å². The Morgan fingerprint density at radius 1 is 1.18 bits per heavy atom. The number of anilines is 2. The zero-order chi connectivity index (χ0) is 24.0. The van der Waals surface area contributed by atoms with Crippen LogP contribution in [0.1, 0.15) is 12.0 Å². The van der Waals surface area contributed by atoms with Crippen molar-refractivity contribution in [2.75, 3.05) is 29.9 Å². The molecule has 1 aliphatic rings. The third-order valence-corrected chi connectivity index (χ3v) is 4.91. The molecule has 1 atom stereocenters. The maximum Gasteiger partial charge on any atom is 0.416 e. The van der Waals surface area contributed by atoms with E-state index in [4.69, 9.17) is 4.74 Å². The second-order valence-corrected chi connectivity index (χ2v) is 7.35. The lowest BCUT2D eigenvalue weighted by atomic mass is 10.1. The topological polar surface area (TPSA) is 87.7 Å². The summed E-state index contributed by atoms with van der Waals surface area (Å²) in [6.07, 6.45) is -2.84. The van der Waals surface area contributed by atoms with Gasteiger partial charge in [-0.05, 0) is 42.5 Å². The van der Waals surface area contributed by atoms with Crippen molar-refractivity contribution in [1.29, 1.82) is 0 Å². The Morgan fingerprint density at radius 3 is 2.58 bits per heavy atom.